The van der Waals surface area contributed by atoms with Gasteiger partial charge in [-0.2, -0.15) is 0 Å². The van der Waals surface area contributed by atoms with Crippen molar-refractivity contribution in [2.45, 2.75) is 46.8 Å². The standard InChI is InChI=1S/C20H25FN2O4/c1-5-22-9-13(19(26)27)18(25)12-8-14(21)17(11(2)16(12)22)23-7-6-15(24)20(3,4)10-23/h8-9,15,24H,5-7,10H2,1-4H3,(H,26,27). The quantitative estimate of drug-likeness (QED) is 0.861. The summed E-state index contributed by atoms with van der Waals surface area (Å²) in [6, 6.07) is 1.15. The molecule has 2 heterocycles. The van der Waals surface area contributed by atoms with Crippen LogP contribution >= 0.6 is 0 Å². The predicted molar refractivity (Wildman–Crippen MR) is 102 cm³/mol. The number of benzene rings is 1. The summed E-state index contributed by atoms with van der Waals surface area (Å²) in [6.07, 6.45) is 1.40. The zero-order chi connectivity index (χ0) is 20.1. The first kappa shape index (κ1) is 19.4. The van der Waals surface area contributed by atoms with Gasteiger partial charge in [-0.3, -0.25) is 4.79 Å². The topological polar surface area (TPSA) is 82.8 Å². The van der Waals surface area contributed by atoms with Crippen LogP contribution in [-0.4, -0.2) is 39.9 Å². The van der Waals surface area contributed by atoms with Gasteiger partial charge in [-0.1, -0.05) is 13.8 Å². The third kappa shape index (κ3) is 3.10. The highest BCUT2D eigenvalue weighted by Gasteiger charge is 2.36. The lowest BCUT2D eigenvalue weighted by molar-refractivity contribution is 0.0334. The van der Waals surface area contributed by atoms with E-state index in [0.29, 0.717) is 42.8 Å². The number of aliphatic hydroxyl groups excluding tert-OH is 1. The minimum Gasteiger partial charge on any atom is -0.477 e. The largest absolute Gasteiger partial charge is 0.477 e. The molecule has 1 atom stereocenters. The van der Waals surface area contributed by atoms with E-state index in [-0.39, 0.29) is 16.4 Å². The van der Waals surface area contributed by atoms with Crippen molar-refractivity contribution in [2.75, 3.05) is 18.0 Å². The van der Waals surface area contributed by atoms with Crippen molar-refractivity contribution in [2.24, 2.45) is 5.41 Å². The number of anilines is 1. The summed E-state index contributed by atoms with van der Waals surface area (Å²) in [5, 5.41) is 19.6. The van der Waals surface area contributed by atoms with E-state index in [2.05, 4.69) is 0 Å². The van der Waals surface area contributed by atoms with E-state index in [0.717, 1.165) is 6.07 Å². The van der Waals surface area contributed by atoms with Gasteiger partial charge in [0.15, 0.2) is 0 Å². The molecule has 2 N–H and O–H groups in total. The lowest BCUT2D eigenvalue weighted by Crippen LogP contribution is -2.49. The minimum atomic E-state index is -1.32. The molecule has 1 saturated heterocycles. The van der Waals surface area contributed by atoms with Gasteiger partial charge in [0.2, 0.25) is 5.43 Å². The van der Waals surface area contributed by atoms with Crippen LogP contribution in [0.3, 0.4) is 0 Å². The monoisotopic (exact) mass is 376 g/mol. The molecule has 6 nitrogen and oxygen atoms in total. The van der Waals surface area contributed by atoms with Crippen LogP contribution in [0.5, 0.6) is 0 Å². The Kier molecular flexibility index (Phi) is 4.76. The molecule has 1 aliphatic heterocycles. The number of carboxylic acid groups (broad SMARTS) is 1. The van der Waals surface area contributed by atoms with Gasteiger partial charge in [0.1, 0.15) is 11.4 Å². The average Bonchev–Trinajstić information content (AvgIpc) is 2.58. The molecule has 0 aliphatic carbocycles. The molecule has 7 heteroatoms. The minimum absolute atomic E-state index is 0.0757. The van der Waals surface area contributed by atoms with Gasteiger partial charge >= 0.3 is 5.97 Å². The number of carbonyl (C=O) groups is 1. The molecule has 0 radical (unpaired) electrons. The average molecular weight is 376 g/mol. The first-order chi connectivity index (χ1) is 12.6. The zero-order valence-corrected chi connectivity index (χ0v) is 16.0. The second-order valence-corrected chi connectivity index (χ2v) is 7.91. The Bertz CT molecular complexity index is 980. The van der Waals surface area contributed by atoms with Gasteiger partial charge < -0.3 is 19.7 Å². The van der Waals surface area contributed by atoms with Crippen LogP contribution in [0.25, 0.3) is 10.9 Å². The number of nitrogens with zero attached hydrogens (tertiary/aromatic N) is 2. The van der Waals surface area contributed by atoms with Crippen LogP contribution in [0.4, 0.5) is 10.1 Å². The molecule has 27 heavy (non-hydrogen) atoms. The van der Waals surface area contributed by atoms with Crippen LogP contribution < -0.4 is 10.3 Å². The van der Waals surface area contributed by atoms with Crippen molar-refractivity contribution >= 4 is 22.6 Å². The summed E-state index contributed by atoms with van der Waals surface area (Å²) in [4.78, 5) is 25.9. The number of aromatic carboxylic acids is 1. The number of fused-ring (bicyclic) bond motifs is 1. The van der Waals surface area contributed by atoms with Crippen molar-refractivity contribution in [3.63, 3.8) is 0 Å². The SMILES string of the molecule is CCn1cc(C(=O)O)c(=O)c2cc(F)c(N3CCC(O)C(C)(C)C3)c(C)c21. The molecule has 1 fully saturated rings. The Labute approximate surface area is 156 Å². The highest BCUT2D eigenvalue weighted by molar-refractivity contribution is 5.95. The molecule has 0 amide bonds. The van der Waals surface area contributed by atoms with Crippen LogP contribution in [0.2, 0.25) is 0 Å². The Morgan fingerprint density at radius 2 is 2.07 bits per heavy atom. The Morgan fingerprint density at radius 3 is 2.63 bits per heavy atom. The van der Waals surface area contributed by atoms with Crippen molar-refractivity contribution < 1.29 is 19.4 Å². The predicted octanol–water partition coefficient (Wildman–Crippen LogP) is 2.76. The third-order valence-corrected chi connectivity index (χ3v) is 5.58. The summed E-state index contributed by atoms with van der Waals surface area (Å²) in [5.41, 5.74) is 0.139. The fraction of sp³-hybridized carbons (Fsp3) is 0.500. The number of rotatable bonds is 3. The smallest absolute Gasteiger partial charge is 0.341 e. The second kappa shape index (κ2) is 6.64. The summed E-state index contributed by atoms with van der Waals surface area (Å²) in [7, 11) is 0. The maximum Gasteiger partial charge on any atom is 0.341 e. The molecule has 146 valence electrons. The van der Waals surface area contributed by atoms with E-state index in [9.17, 15) is 19.8 Å². The molecule has 0 spiro atoms. The van der Waals surface area contributed by atoms with Crippen LogP contribution in [-0.2, 0) is 6.54 Å². The molecular formula is C20H25FN2O4. The highest BCUT2D eigenvalue weighted by atomic mass is 19.1. The van der Waals surface area contributed by atoms with E-state index in [1.807, 2.05) is 25.7 Å². The third-order valence-electron chi connectivity index (χ3n) is 5.58. The molecule has 1 unspecified atom stereocenters. The number of piperidine rings is 1. The molecule has 0 saturated carbocycles. The van der Waals surface area contributed by atoms with Gasteiger partial charge in [0, 0.05) is 36.6 Å². The number of pyridine rings is 1. The molecule has 1 aromatic carbocycles. The van der Waals surface area contributed by atoms with Gasteiger partial charge in [0.05, 0.1) is 17.3 Å². The molecule has 3 rings (SSSR count). The fourth-order valence-corrected chi connectivity index (χ4v) is 4.05. The van der Waals surface area contributed by atoms with Gasteiger partial charge in [-0.05, 0) is 31.9 Å². The van der Waals surface area contributed by atoms with Crippen molar-refractivity contribution in [1.82, 2.24) is 4.57 Å². The first-order valence-corrected chi connectivity index (χ1v) is 9.11. The van der Waals surface area contributed by atoms with Gasteiger partial charge in [-0.25, -0.2) is 9.18 Å². The number of hydrogen-bond donors (Lipinski definition) is 2. The van der Waals surface area contributed by atoms with E-state index in [1.54, 1.807) is 11.5 Å². The van der Waals surface area contributed by atoms with Gasteiger partial charge in [-0.15, -0.1) is 0 Å². The van der Waals surface area contributed by atoms with Crippen LogP contribution in [0.1, 0.15) is 43.1 Å². The normalized spacial score (nSPS) is 19.5. The van der Waals surface area contributed by atoms with Crippen LogP contribution in [0, 0.1) is 18.2 Å². The second-order valence-electron chi connectivity index (χ2n) is 7.91. The number of halogens is 1. The Hall–Kier alpha value is -2.41. The number of aryl methyl sites for hydroxylation is 2. The summed E-state index contributed by atoms with van der Waals surface area (Å²) in [5.74, 6) is -1.87. The van der Waals surface area contributed by atoms with Crippen molar-refractivity contribution in [3.8, 4) is 0 Å². The number of hydrogen-bond acceptors (Lipinski definition) is 4. The lowest BCUT2D eigenvalue weighted by Gasteiger charge is -2.43. The summed E-state index contributed by atoms with van der Waals surface area (Å²) >= 11 is 0. The maximum absolute atomic E-state index is 15.1. The summed E-state index contributed by atoms with van der Waals surface area (Å²) in [6.45, 7) is 8.94. The summed E-state index contributed by atoms with van der Waals surface area (Å²) < 4.78 is 16.7. The molecule has 1 aromatic heterocycles. The van der Waals surface area contributed by atoms with Crippen LogP contribution in [0.15, 0.2) is 17.1 Å². The molecule has 1 aliphatic rings. The molecule has 0 bridgehead atoms. The Morgan fingerprint density at radius 1 is 1.41 bits per heavy atom. The Balaban J connectivity index is 2.27. The van der Waals surface area contributed by atoms with Gasteiger partial charge in [0.25, 0.3) is 0 Å². The van der Waals surface area contributed by atoms with E-state index in [4.69, 9.17) is 0 Å². The van der Waals surface area contributed by atoms with Crippen molar-refractivity contribution in [1.29, 1.82) is 0 Å². The first-order valence-electron chi connectivity index (χ1n) is 9.11. The zero-order valence-electron chi connectivity index (χ0n) is 16.0. The number of aromatic nitrogens is 1. The molecule has 2 aromatic rings. The number of carboxylic acids is 1. The van der Waals surface area contributed by atoms with Crippen molar-refractivity contribution in [3.05, 3.63) is 39.4 Å². The highest BCUT2D eigenvalue weighted by Crippen LogP contribution is 2.37. The van der Waals surface area contributed by atoms with E-state index < -0.39 is 23.3 Å². The number of aliphatic hydroxyl groups is 1. The van der Waals surface area contributed by atoms with E-state index >= 15 is 4.39 Å². The fourth-order valence-electron chi connectivity index (χ4n) is 4.05. The molecular weight excluding hydrogens is 351 g/mol. The lowest BCUT2D eigenvalue weighted by atomic mass is 9.81. The van der Waals surface area contributed by atoms with E-state index in [1.165, 1.54) is 6.20 Å². The maximum atomic E-state index is 15.1.